The summed E-state index contributed by atoms with van der Waals surface area (Å²) in [5.41, 5.74) is 2.40. The van der Waals surface area contributed by atoms with Crippen molar-refractivity contribution in [2.75, 3.05) is 20.2 Å². The topological polar surface area (TPSA) is 64.7 Å². The first-order valence-electron chi connectivity index (χ1n) is 9.07. The fourth-order valence-corrected chi connectivity index (χ4v) is 2.94. The molecule has 0 bridgehead atoms. The summed E-state index contributed by atoms with van der Waals surface area (Å²) in [5.74, 6) is 0.484. The fraction of sp³-hybridized carbons (Fsp3) is 0.333. The number of hydrogen-bond donors (Lipinski definition) is 0. The third kappa shape index (κ3) is 4.58. The maximum absolute atomic E-state index is 12.3. The quantitative estimate of drug-likeness (QED) is 0.612. The van der Waals surface area contributed by atoms with Gasteiger partial charge in [0.05, 0.1) is 12.1 Å². The molecule has 0 aliphatic heterocycles. The van der Waals surface area contributed by atoms with Crippen molar-refractivity contribution in [1.82, 2.24) is 9.47 Å². The van der Waals surface area contributed by atoms with Crippen molar-refractivity contribution in [3.63, 3.8) is 0 Å². The van der Waals surface area contributed by atoms with E-state index in [1.807, 2.05) is 49.4 Å². The highest BCUT2D eigenvalue weighted by molar-refractivity contribution is 5.76. The smallest absolute Gasteiger partial charge is 0.419 e. The van der Waals surface area contributed by atoms with Gasteiger partial charge in [0.25, 0.3) is 0 Å². The molecule has 6 nitrogen and oxygen atoms in total. The van der Waals surface area contributed by atoms with Crippen LogP contribution in [-0.2, 0) is 11.3 Å². The monoisotopic (exact) mass is 368 g/mol. The Bertz CT molecular complexity index is 973. The predicted molar refractivity (Wildman–Crippen MR) is 104 cm³/mol. The number of benzene rings is 2. The molecular weight excluding hydrogens is 344 g/mol. The zero-order valence-corrected chi connectivity index (χ0v) is 15.7. The van der Waals surface area contributed by atoms with E-state index in [9.17, 15) is 9.59 Å². The van der Waals surface area contributed by atoms with Crippen LogP contribution in [0.4, 0.5) is 0 Å². The number of nitrogens with zero attached hydrogens (tertiary/aromatic N) is 2. The highest BCUT2D eigenvalue weighted by Crippen LogP contribution is 2.16. The van der Waals surface area contributed by atoms with Gasteiger partial charge in [-0.05, 0) is 37.1 Å². The highest BCUT2D eigenvalue weighted by Gasteiger charge is 2.12. The zero-order chi connectivity index (χ0) is 19.2. The summed E-state index contributed by atoms with van der Waals surface area (Å²) in [5, 5.41) is 0. The number of rotatable bonds is 8. The van der Waals surface area contributed by atoms with Crippen molar-refractivity contribution in [1.29, 1.82) is 0 Å². The number of carbonyl (C=O) groups excluding carboxylic acids is 1. The SMILES string of the molecule is Cc1ccccc1OCCN(C)C(=O)CCCn1c(=O)oc2ccccc21. The van der Waals surface area contributed by atoms with Crippen LogP contribution in [0.5, 0.6) is 5.75 Å². The number of para-hydroxylation sites is 3. The van der Waals surface area contributed by atoms with Crippen LogP contribution < -0.4 is 10.5 Å². The van der Waals surface area contributed by atoms with Gasteiger partial charge in [0.15, 0.2) is 5.58 Å². The fourth-order valence-electron chi connectivity index (χ4n) is 2.94. The molecule has 0 spiro atoms. The molecule has 0 aliphatic rings. The standard InChI is InChI=1S/C21H24N2O4/c1-16-8-3-5-10-18(16)26-15-14-22(2)20(24)12-7-13-23-17-9-4-6-11-19(17)27-21(23)25/h3-6,8-11H,7,12-15H2,1-2H3. The molecular formula is C21H24N2O4. The van der Waals surface area contributed by atoms with Crippen molar-refractivity contribution in [3.05, 3.63) is 64.6 Å². The second-order valence-electron chi connectivity index (χ2n) is 6.52. The van der Waals surface area contributed by atoms with Gasteiger partial charge in [-0.25, -0.2) is 4.79 Å². The van der Waals surface area contributed by atoms with E-state index in [2.05, 4.69) is 0 Å². The number of aromatic nitrogens is 1. The largest absolute Gasteiger partial charge is 0.491 e. The average molecular weight is 368 g/mol. The summed E-state index contributed by atoms with van der Waals surface area (Å²) in [6.07, 6.45) is 0.943. The molecule has 0 saturated heterocycles. The van der Waals surface area contributed by atoms with E-state index in [0.717, 1.165) is 16.8 Å². The lowest BCUT2D eigenvalue weighted by molar-refractivity contribution is -0.130. The van der Waals surface area contributed by atoms with Crippen molar-refractivity contribution < 1.29 is 13.9 Å². The average Bonchev–Trinajstić information content (AvgIpc) is 2.98. The molecule has 0 atom stereocenters. The van der Waals surface area contributed by atoms with Crippen LogP contribution in [0, 0.1) is 6.92 Å². The Morgan fingerprint density at radius 2 is 1.89 bits per heavy atom. The maximum atomic E-state index is 12.3. The van der Waals surface area contributed by atoms with Gasteiger partial charge in [-0.15, -0.1) is 0 Å². The Hall–Kier alpha value is -3.02. The normalized spacial score (nSPS) is 10.9. The van der Waals surface area contributed by atoms with E-state index < -0.39 is 0 Å². The van der Waals surface area contributed by atoms with Crippen LogP contribution in [0.25, 0.3) is 11.1 Å². The Morgan fingerprint density at radius 3 is 2.70 bits per heavy atom. The Kier molecular flexibility index (Phi) is 5.96. The summed E-state index contributed by atoms with van der Waals surface area (Å²) in [4.78, 5) is 25.9. The van der Waals surface area contributed by atoms with Crippen LogP contribution >= 0.6 is 0 Å². The summed E-state index contributed by atoms with van der Waals surface area (Å²) in [7, 11) is 1.77. The Labute approximate surface area is 158 Å². The Balaban J connectivity index is 1.45. The maximum Gasteiger partial charge on any atom is 0.419 e. The molecule has 0 fully saturated rings. The van der Waals surface area contributed by atoms with Crippen LogP contribution in [0.15, 0.2) is 57.7 Å². The highest BCUT2D eigenvalue weighted by atomic mass is 16.5. The molecule has 0 aliphatic carbocycles. The lowest BCUT2D eigenvalue weighted by Crippen LogP contribution is -2.31. The number of aryl methyl sites for hydroxylation is 2. The molecule has 6 heteroatoms. The molecule has 27 heavy (non-hydrogen) atoms. The third-order valence-electron chi connectivity index (χ3n) is 4.55. The van der Waals surface area contributed by atoms with Gasteiger partial charge < -0.3 is 14.1 Å². The molecule has 1 amide bonds. The van der Waals surface area contributed by atoms with Gasteiger partial charge in [0, 0.05) is 20.0 Å². The first-order valence-corrected chi connectivity index (χ1v) is 9.07. The molecule has 142 valence electrons. The molecule has 0 saturated carbocycles. The predicted octanol–water partition coefficient (Wildman–Crippen LogP) is 3.22. The van der Waals surface area contributed by atoms with E-state index in [1.54, 1.807) is 22.6 Å². The second-order valence-corrected chi connectivity index (χ2v) is 6.52. The molecule has 3 rings (SSSR count). The molecule has 0 N–H and O–H groups in total. The van der Waals surface area contributed by atoms with Crippen molar-refractivity contribution in [2.24, 2.45) is 0 Å². The number of hydrogen-bond acceptors (Lipinski definition) is 4. The number of ether oxygens (including phenoxy) is 1. The summed E-state index contributed by atoms with van der Waals surface area (Å²) in [6, 6.07) is 15.1. The number of carbonyl (C=O) groups is 1. The van der Waals surface area contributed by atoms with E-state index in [0.29, 0.717) is 38.1 Å². The van der Waals surface area contributed by atoms with E-state index in [-0.39, 0.29) is 11.7 Å². The first-order chi connectivity index (χ1) is 13.1. The lowest BCUT2D eigenvalue weighted by atomic mass is 10.2. The number of amides is 1. The zero-order valence-electron chi connectivity index (χ0n) is 15.7. The summed E-state index contributed by atoms with van der Waals surface area (Å²) >= 11 is 0. The molecule has 0 unspecified atom stereocenters. The molecule has 3 aromatic rings. The first kappa shape index (κ1) is 18.8. The van der Waals surface area contributed by atoms with E-state index in [4.69, 9.17) is 9.15 Å². The minimum Gasteiger partial charge on any atom is -0.491 e. The minimum atomic E-state index is -0.386. The summed E-state index contributed by atoms with van der Waals surface area (Å²) < 4.78 is 12.5. The Morgan fingerprint density at radius 1 is 1.15 bits per heavy atom. The van der Waals surface area contributed by atoms with Gasteiger partial charge in [-0.3, -0.25) is 9.36 Å². The number of fused-ring (bicyclic) bond motifs is 1. The van der Waals surface area contributed by atoms with Crippen LogP contribution in [-0.4, -0.2) is 35.6 Å². The number of oxazole rings is 1. The van der Waals surface area contributed by atoms with Gasteiger partial charge in [-0.1, -0.05) is 30.3 Å². The van der Waals surface area contributed by atoms with Crippen LogP contribution in [0.2, 0.25) is 0 Å². The minimum absolute atomic E-state index is 0.0317. The number of likely N-dealkylation sites (N-methyl/N-ethyl adjacent to an activating group) is 1. The van der Waals surface area contributed by atoms with Gasteiger partial charge in [0.1, 0.15) is 12.4 Å². The van der Waals surface area contributed by atoms with Crippen molar-refractivity contribution >= 4 is 17.0 Å². The molecule has 0 radical (unpaired) electrons. The molecule has 1 heterocycles. The third-order valence-corrected chi connectivity index (χ3v) is 4.55. The van der Waals surface area contributed by atoms with Crippen molar-refractivity contribution in [3.8, 4) is 5.75 Å². The van der Waals surface area contributed by atoms with E-state index in [1.165, 1.54) is 0 Å². The van der Waals surface area contributed by atoms with Gasteiger partial charge >= 0.3 is 5.76 Å². The molecule has 2 aromatic carbocycles. The lowest BCUT2D eigenvalue weighted by Gasteiger charge is -2.18. The van der Waals surface area contributed by atoms with Crippen LogP contribution in [0.3, 0.4) is 0 Å². The second kappa shape index (κ2) is 8.58. The van der Waals surface area contributed by atoms with Crippen molar-refractivity contribution in [2.45, 2.75) is 26.3 Å². The van der Waals surface area contributed by atoms with Gasteiger partial charge in [0.2, 0.25) is 5.91 Å². The summed E-state index contributed by atoms with van der Waals surface area (Å²) in [6.45, 7) is 3.40. The van der Waals surface area contributed by atoms with Crippen LogP contribution in [0.1, 0.15) is 18.4 Å². The van der Waals surface area contributed by atoms with E-state index >= 15 is 0 Å². The molecule has 1 aromatic heterocycles. The van der Waals surface area contributed by atoms with Gasteiger partial charge in [-0.2, -0.15) is 0 Å².